The number of imidazole rings is 1. The Morgan fingerprint density at radius 1 is 1.40 bits per heavy atom. The number of rotatable bonds is 6. The fourth-order valence-corrected chi connectivity index (χ4v) is 3.42. The molecule has 2 rings (SSSR count). The summed E-state index contributed by atoms with van der Waals surface area (Å²) in [5.41, 5.74) is 0.674. The van der Waals surface area contributed by atoms with E-state index < -0.39 is 10.0 Å². The minimum atomic E-state index is -3.52. The van der Waals surface area contributed by atoms with Crippen molar-refractivity contribution in [2.24, 2.45) is 0 Å². The molecule has 0 aliphatic carbocycles. The number of hydrogen-bond donors (Lipinski definition) is 2. The minimum absolute atomic E-state index is 0.225. The van der Waals surface area contributed by atoms with Crippen LogP contribution in [0.25, 0.3) is 0 Å². The van der Waals surface area contributed by atoms with Crippen molar-refractivity contribution in [1.82, 2.24) is 14.7 Å². The van der Waals surface area contributed by atoms with Crippen LogP contribution in [0.3, 0.4) is 0 Å². The predicted octanol–water partition coefficient (Wildman–Crippen LogP) is 2.28. The van der Waals surface area contributed by atoms with Gasteiger partial charge in [-0.3, -0.25) is 0 Å². The third-order valence-corrected chi connectivity index (χ3v) is 4.72. The lowest BCUT2D eigenvalue weighted by atomic mass is 10.2. The zero-order chi connectivity index (χ0) is 14.6. The van der Waals surface area contributed by atoms with Crippen molar-refractivity contribution in [3.05, 3.63) is 47.0 Å². The smallest absolute Gasteiger partial charge is 0.240 e. The molecular weight excluding hydrogens is 298 g/mol. The zero-order valence-corrected chi connectivity index (χ0v) is 12.6. The van der Waals surface area contributed by atoms with Gasteiger partial charge in [0.15, 0.2) is 0 Å². The molecule has 20 heavy (non-hydrogen) atoms. The van der Waals surface area contributed by atoms with E-state index in [0.29, 0.717) is 30.0 Å². The van der Waals surface area contributed by atoms with Gasteiger partial charge in [-0.2, -0.15) is 0 Å². The molecule has 0 radical (unpaired) electrons. The molecule has 0 saturated carbocycles. The van der Waals surface area contributed by atoms with E-state index in [1.54, 1.807) is 31.5 Å². The first-order chi connectivity index (χ1) is 9.49. The Kier molecular flexibility index (Phi) is 4.80. The SMILES string of the molecule is Cc1ccc(Cl)cc1S(=O)(=O)NCCCc1ncc[nH]1. The van der Waals surface area contributed by atoms with Gasteiger partial charge in [0.05, 0.1) is 4.90 Å². The number of H-pyrrole nitrogens is 1. The van der Waals surface area contributed by atoms with Crippen molar-refractivity contribution < 1.29 is 8.42 Å². The summed E-state index contributed by atoms with van der Waals surface area (Å²) in [5.74, 6) is 0.850. The van der Waals surface area contributed by atoms with E-state index in [0.717, 1.165) is 5.82 Å². The first-order valence-corrected chi connectivity index (χ1v) is 8.09. The molecule has 0 unspecified atom stereocenters. The van der Waals surface area contributed by atoms with Crippen molar-refractivity contribution >= 4 is 21.6 Å². The normalized spacial score (nSPS) is 11.7. The molecule has 2 aromatic rings. The third-order valence-electron chi connectivity index (χ3n) is 2.88. The Morgan fingerprint density at radius 3 is 2.90 bits per heavy atom. The van der Waals surface area contributed by atoms with Gasteiger partial charge >= 0.3 is 0 Å². The maximum atomic E-state index is 12.2. The summed E-state index contributed by atoms with van der Waals surface area (Å²) in [6, 6.07) is 4.83. The molecule has 0 atom stereocenters. The van der Waals surface area contributed by atoms with E-state index in [2.05, 4.69) is 14.7 Å². The summed E-state index contributed by atoms with van der Waals surface area (Å²) in [4.78, 5) is 7.29. The second kappa shape index (κ2) is 6.39. The Labute approximate surface area is 123 Å². The topological polar surface area (TPSA) is 74.8 Å². The molecule has 0 saturated heterocycles. The maximum Gasteiger partial charge on any atom is 0.240 e. The highest BCUT2D eigenvalue weighted by molar-refractivity contribution is 7.89. The predicted molar refractivity (Wildman–Crippen MR) is 78.3 cm³/mol. The molecule has 0 aliphatic heterocycles. The van der Waals surface area contributed by atoms with Gasteiger partial charge in [0, 0.05) is 30.4 Å². The number of aryl methyl sites for hydroxylation is 2. The number of hydrogen-bond acceptors (Lipinski definition) is 3. The molecule has 2 N–H and O–H groups in total. The van der Waals surface area contributed by atoms with E-state index in [1.807, 2.05) is 0 Å². The van der Waals surface area contributed by atoms with Crippen LogP contribution in [0.2, 0.25) is 5.02 Å². The molecule has 5 nitrogen and oxygen atoms in total. The van der Waals surface area contributed by atoms with Gasteiger partial charge in [0.25, 0.3) is 0 Å². The summed E-state index contributed by atoms with van der Waals surface area (Å²) >= 11 is 5.85. The van der Waals surface area contributed by atoms with Gasteiger partial charge < -0.3 is 4.98 Å². The lowest BCUT2D eigenvalue weighted by Crippen LogP contribution is -2.25. The molecule has 7 heteroatoms. The average Bonchev–Trinajstić information content (AvgIpc) is 2.90. The lowest BCUT2D eigenvalue weighted by molar-refractivity contribution is 0.577. The molecule has 108 valence electrons. The van der Waals surface area contributed by atoms with Crippen LogP contribution in [0.1, 0.15) is 17.8 Å². The Balaban J connectivity index is 1.95. The molecule has 0 amide bonds. The van der Waals surface area contributed by atoms with E-state index in [4.69, 9.17) is 11.6 Å². The van der Waals surface area contributed by atoms with Crippen LogP contribution < -0.4 is 4.72 Å². The maximum absolute atomic E-state index is 12.2. The van der Waals surface area contributed by atoms with Crippen molar-refractivity contribution in [3.8, 4) is 0 Å². The quantitative estimate of drug-likeness (QED) is 0.803. The third kappa shape index (κ3) is 3.82. The Bertz CT molecular complexity index is 669. The number of benzene rings is 1. The standard InChI is InChI=1S/C13H16ClN3O2S/c1-10-4-5-11(14)9-12(10)20(18,19)17-6-2-3-13-15-7-8-16-13/h4-5,7-9,17H,2-3,6H2,1H3,(H,15,16). The van der Waals surface area contributed by atoms with E-state index in [-0.39, 0.29) is 4.90 Å². The molecule has 1 aromatic heterocycles. The minimum Gasteiger partial charge on any atom is -0.349 e. The molecular formula is C13H16ClN3O2S. The van der Waals surface area contributed by atoms with Gasteiger partial charge in [0.1, 0.15) is 5.82 Å². The molecule has 1 aromatic carbocycles. The summed E-state index contributed by atoms with van der Waals surface area (Å²) in [7, 11) is -3.52. The second-order valence-electron chi connectivity index (χ2n) is 4.45. The summed E-state index contributed by atoms with van der Waals surface area (Å²) in [6.45, 7) is 2.10. The van der Waals surface area contributed by atoms with E-state index >= 15 is 0 Å². The first kappa shape index (κ1) is 15.0. The van der Waals surface area contributed by atoms with Crippen LogP contribution in [-0.4, -0.2) is 24.9 Å². The zero-order valence-electron chi connectivity index (χ0n) is 11.1. The van der Waals surface area contributed by atoms with Crippen LogP contribution in [-0.2, 0) is 16.4 Å². The molecule has 0 fully saturated rings. The fourth-order valence-electron chi connectivity index (χ4n) is 1.84. The highest BCUT2D eigenvalue weighted by Crippen LogP contribution is 2.19. The van der Waals surface area contributed by atoms with Gasteiger partial charge in [-0.05, 0) is 31.0 Å². The van der Waals surface area contributed by atoms with Crippen LogP contribution in [0.4, 0.5) is 0 Å². The monoisotopic (exact) mass is 313 g/mol. The number of nitrogens with one attached hydrogen (secondary N) is 2. The molecule has 0 bridgehead atoms. The van der Waals surface area contributed by atoms with E-state index in [9.17, 15) is 8.42 Å². The number of halogens is 1. The van der Waals surface area contributed by atoms with Crippen molar-refractivity contribution in [2.75, 3.05) is 6.54 Å². The second-order valence-corrected chi connectivity index (χ2v) is 6.62. The van der Waals surface area contributed by atoms with Crippen molar-refractivity contribution in [3.63, 3.8) is 0 Å². The molecule has 1 heterocycles. The largest absolute Gasteiger partial charge is 0.349 e. The van der Waals surface area contributed by atoms with Crippen LogP contribution in [0.5, 0.6) is 0 Å². The lowest BCUT2D eigenvalue weighted by Gasteiger charge is -2.09. The number of nitrogens with zero attached hydrogens (tertiary/aromatic N) is 1. The van der Waals surface area contributed by atoms with Crippen LogP contribution in [0.15, 0.2) is 35.5 Å². The average molecular weight is 314 g/mol. The Hall–Kier alpha value is -1.37. The highest BCUT2D eigenvalue weighted by atomic mass is 35.5. The summed E-state index contributed by atoms with van der Waals surface area (Å²) < 4.78 is 26.9. The number of sulfonamides is 1. The van der Waals surface area contributed by atoms with Crippen LogP contribution >= 0.6 is 11.6 Å². The first-order valence-electron chi connectivity index (χ1n) is 6.23. The van der Waals surface area contributed by atoms with Crippen molar-refractivity contribution in [2.45, 2.75) is 24.7 Å². The van der Waals surface area contributed by atoms with Crippen LogP contribution in [0, 0.1) is 6.92 Å². The van der Waals surface area contributed by atoms with Crippen molar-refractivity contribution in [1.29, 1.82) is 0 Å². The summed E-state index contributed by atoms with van der Waals surface area (Å²) in [6.07, 6.45) is 4.79. The van der Waals surface area contributed by atoms with E-state index in [1.165, 1.54) is 6.07 Å². The van der Waals surface area contributed by atoms with Gasteiger partial charge in [-0.15, -0.1) is 0 Å². The van der Waals surface area contributed by atoms with Gasteiger partial charge in [-0.1, -0.05) is 17.7 Å². The number of aromatic amines is 1. The molecule has 0 spiro atoms. The highest BCUT2D eigenvalue weighted by Gasteiger charge is 2.16. The summed E-state index contributed by atoms with van der Waals surface area (Å²) in [5, 5.41) is 0.409. The molecule has 0 aliphatic rings. The Morgan fingerprint density at radius 2 is 2.20 bits per heavy atom. The number of aromatic nitrogens is 2. The van der Waals surface area contributed by atoms with Gasteiger partial charge in [0.2, 0.25) is 10.0 Å². The fraction of sp³-hybridized carbons (Fsp3) is 0.308. The van der Waals surface area contributed by atoms with Gasteiger partial charge in [-0.25, -0.2) is 18.1 Å².